The Labute approximate surface area is 127 Å². The number of carbonyl (C=O) groups is 1. The van der Waals surface area contributed by atoms with Crippen molar-refractivity contribution < 1.29 is 19.0 Å². The van der Waals surface area contributed by atoms with Gasteiger partial charge in [-0.2, -0.15) is 11.8 Å². The van der Waals surface area contributed by atoms with Gasteiger partial charge in [0, 0.05) is 13.2 Å². The lowest BCUT2D eigenvalue weighted by molar-refractivity contribution is -0.118. The van der Waals surface area contributed by atoms with Gasteiger partial charge in [0.05, 0.1) is 38.8 Å². The van der Waals surface area contributed by atoms with E-state index in [4.69, 9.17) is 14.2 Å². The summed E-state index contributed by atoms with van der Waals surface area (Å²) in [5, 5.41) is 2.77. The summed E-state index contributed by atoms with van der Waals surface area (Å²) < 4.78 is 16.1. The summed E-state index contributed by atoms with van der Waals surface area (Å²) in [4.78, 5) is 11.1. The van der Waals surface area contributed by atoms with Crippen molar-refractivity contribution in [3.8, 4) is 0 Å². The Morgan fingerprint density at radius 2 is 1.55 bits per heavy atom. The highest BCUT2D eigenvalue weighted by atomic mass is 32.2. The first-order valence-corrected chi connectivity index (χ1v) is 8.55. The molecule has 0 aromatic heterocycles. The van der Waals surface area contributed by atoms with Gasteiger partial charge in [0.15, 0.2) is 0 Å². The lowest BCUT2D eigenvalue weighted by Gasteiger charge is -2.08. The van der Waals surface area contributed by atoms with Gasteiger partial charge in [-0.05, 0) is 18.6 Å². The minimum absolute atomic E-state index is 0.0518. The maximum atomic E-state index is 11.1. The highest BCUT2D eigenvalue weighted by Crippen LogP contribution is 1.98. The van der Waals surface area contributed by atoms with Crippen LogP contribution < -0.4 is 5.32 Å². The molecule has 120 valence electrons. The molecule has 0 aromatic carbocycles. The zero-order valence-corrected chi connectivity index (χ0v) is 13.8. The Kier molecular flexibility index (Phi) is 14.9. The fraction of sp³-hybridized carbons (Fsp3) is 0.929. The fourth-order valence-corrected chi connectivity index (χ4v) is 1.67. The molecule has 0 rings (SSSR count). The topological polar surface area (TPSA) is 56.8 Å². The van der Waals surface area contributed by atoms with Crippen LogP contribution in [-0.4, -0.2) is 64.1 Å². The highest BCUT2D eigenvalue weighted by molar-refractivity contribution is 7.99. The van der Waals surface area contributed by atoms with Crippen LogP contribution in [0, 0.1) is 5.92 Å². The van der Waals surface area contributed by atoms with Crippen LogP contribution in [0.4, 0.5) is 0 Å². The minimum atomic E-state index is 0.0518. The maximum Gasteiger partial charge on any atom is 0.230 e. The normalized spacial score (nSPS) is 11.0. The van der Waals surface area contributed by atoms with Gasteiger partial charge in [-0.15, -0.1) is 0 Å². The van der Waals surface area contributed by atoms with E-state index in [0.29, 0.717) is 51.2 Å². The number of hydrogen-bond acceptors (Lipinski definition) is 5. The molecule has 6 heteroatoms. The van der Waals surface area contributed by atoms with Crippen LogP contribution in [0.2, 0.25) is 0 Å². The predicted molar refractivity (Wildman–Crippen MR) is 83.3 cm³/mol. The number of hydrogen-bond donors (Lipinski definition) is 1. The Balaban J connectivity index is 3.04. The first-order chi connectivity index (χ1) is 9.66. The van der Waals surface area contributed by atoms with Crippen LogP contribution in [0.5, 0.6) is 0 Å². The molecular weight excluding hydrogens is 278 g/mol. The third-order valence-electron chi connectivity index (χ3n) is 2.43. The molecule has 0 fully saturated rings. The lowest BCUT2D eigenvalue weighted by atomic mass is 10.1. The number of rotatable bonds is 14. The SMILES string of the molecule is CSCC(=O)NCCOCCOCCOCCC(C)C. The molecule has 0 aliphatic heterocycles. The van der Waals surface area contributed by atoms with E-state index >= 15 is 0 Å². The molecule has 0 heterocycles. The highest BCUT2D eigenvalue weighted by Gasteiger charge is 1.98. The Morgan fingerprint density at radius 1 is 1.00 bits per heavy atom. The molecule has 5 nitrogen and oxygen atoms in total. The molecule has 0 saturated carbocycles. The molecule has 0 aliphatic rings. The second-order valence-electron chi connectivity index (χ2n) is 4.80. The summed E-state index contributed by atoms with van der Waals surface area (Å²) in [6.45, 7) is 8.58. The molecule has 0 unspecified atom stereocenters. The number of amides is 1. The van der Waals surface area contributed by atoms with Crippen LogP contribution in [0.1, 0.15) is 20.3 Å². The van der Waals surface area contributed by atoms with E-state index < -0.39 is 0 Å². The van der Waals surface area contributed by atoms with Gasteiger partial charge in [-0.3, -0.25) is 4.79 Å². The van der Waals surface area contributed by atoms with Crippen LogP contribution in [0.15, 0.2) is 0 Å². The average Bonchev–Trinajstić information content (AvgIpc) is 2.40. The van der Waals surface area contributed by atoms with Gasteiger partial charge >= 0.3 is 0 Å². The van der Waals surface area contributed by atoms with Crippen LogP contribution >= 0.6 is 11.8 Å². The van der Waals surface area contributed by atoms with Gasteiger partial charge in [0.25, 0.3) is 0 Å². The van der Waals surface area contributed by atoms with E-state index in [1.807, 2.05) is 6.26 Å². The standard InChI is InChI=1S/C14H29NO4S/c1-13(2)4-6-17-8-10-19-11-9-18-7-5-15-14(16)12-20-3/h13H,4-12H2,1-3H3,(H,15,16). The molecule has 0 radical (unpaired) electrons. The van der Waals surface area contributed by atoms with Gasteiger partial charge < -0.3 is 19.5 Å². The van der Waals surface area contributed by atoms with Crippen LogP contribution in [0.3, 0.4) is 0 Å². The summed E-state index contributed by atoms with van der Waals surface area (Å²) in [6, 6.07) is 0. The Bertz CT molecular complexity index is 227. The van der Waals surface area contributed by atoms with E-state index in [1.165, 1.54) is 11.8 Å². The zero-order valence-electron chi connectivity index (χ0n) is 13.0. The van der Waals surface area contributed by atoms with Gasteiger partial charge in [0.1, 0.15) is 0 Å². The number of thioether (sulfide) groups is 1. The van der Waals surface area contributed by atoms with Gasteiger partial charge in [-0.1, -0.05) is 13.8 Å². The first-order valence-electron chi connectivity index (χ1n) is 7.15. The quantitative estimate of drug-likeness (QED) is 0.494. The van der Waals surface area contributed by atoms with E-state index in [-0.39, 0.29) is 5.91 Å². The second-order valence-corrected chi connectivity index (χ2v) is 5.67. The number of carbonyl (C=O) groups excluding carboxylic acids is 1. The molecule has 1 N–H and O–H groups in total. The Morgan fingerprint density at radius 3 is 2.10 bits per heavy atom. The predicted octanol–water partition coefficient (Wildman–Crippen LogP) is 1.56. The van der Waals surface area contributed by atoms with Crippen LogP contribution in [-0.2, 0) is 19.0 Å². The summed E-state index contributed by atoms with van der Waals surface area (Å²) in [7, 11) is 0. The minimum Gasteiger partial charge on any atom is -0.379 e. The molecule has 0 atom stereocenters. The van der Waals surface area contributed by atoms with Crippen molar-refractivity contribution in [3.05, 3.63) is 0 Å². The third-order valence-corrected chi connectivity index (χ3v) is 2.98. The van der Waals surface area contributed by atoms with Crippen molar-refractivity contribution in [2.45, 2.75) is 20.3 Å². The smallest absolute Gasteiger partial charge is 0.230 e. The van der Waals surface area contributed by atoms with Crippen molar-refractivity contribution in [2.75, 3.05) is 58.2 Å². The Hall–Kier alpha value is -0.300. The summed E-state index contributed by atoms with van der Waals surface area (Å²) in [5.41, 5.74) is 0. The van der Waals surface area contributed by atoms with Gasteiger partial charge in [-0.25, -0.2) is 0 Å². The number of ether oxygens (including phenoxy) is 3. The van der Waals surface area contributed by atoms with Crippen molar-refractivity contribution in [2.24, 2.45) is 5.92 Å². The van der Waals surface area contributed by atoms with Crippen LogP contribution in [0.25, 0.3) is 0 Å². The first kappa shape index (κ1) is 19.7. The monoisotopic (exact) mass is 307 g/mol. The molecule has 0 aliphatic carbocycles. The third kappa shape index (κ3) is 15.8. The zero-order chi connectivity index (χ0) is 15.1. The molecule has 0 saturated heterocycles. The van der Waals surface area contributed by atoms with Gasteiger partial charge in [0.2, 0.25) is 5.91 Å². The van der Waals surface area contributed by atoms with Crippen molar-refractivity contribution in [1.29, 1.82) is 0 Å². The largest absolute Gasteiger partial charge is 0.379 e. The summed E-state index contributed by atoms with van der Waals surface area (Å²) >= 11 is 1.51. The van der Waals surface area contributed by atoms with E-state index in [0.717, 1.165) is 13.0 Å². The number of nitrogens with one attached hydrogen (secondary N) is 1. The second kappa shape index (κ2) is 15.1. The van der Waals surface area contributed by atoms with E-state index in [9.17, 15) is 4.79 Å². The molecule has 0 bridgehead atoms. The maximum absolute atomic E-state index is 11.1. The summed E-state index contributed by atoms with van der Waals surface area (Å²) in [5.74, 6) is 1.23. The average molecular weight is 307 g/mol. The van der Waals surface area contributed by atoms with Crippen molar-refractivity contribution in [3.63, 3.8) is 0 Å². The lowest BCUT2D eigenvalue weighted by Crippen LogP contribution is -2.29. The molecule has 0 aromatic rings. The molecular formula is C14H29NO4S. The molecule has 20 heavy (non-hydrogen) atoms. The van der Waals surface area contributed by atoms with Crippen molar-refractivity contribution >= 4 is 17.7 Å². The molecule has 0 spiro atoms. The summed E-state index contributed by atoms with van der Waals surface area (Å²) in [6.07, 6.45) is 2.99. The molecule has 1 amide bonds. The van der Waals surface area contributed by atoms with E-state index in [1.54, 1.807) is 0 Å². The fourth-order valence-electron chi connectivity index (χ4n) is 1.31. The van der Waals surface area contributed by atoms with Crippen molar-refractivity contribution in [1.82, 2.24) is 5.32 Å². The van der Waals surface area contributed by atoms with E-state index in [2.05, 4.69) is 19.2 Å².